The maximum absolute atomic E-state index is 12.6. The number of nitrogens with zero attached hydrogens (tertiary/aromatic N) is 2. The summed E-state index contributed by atoms with van der Waals surface area (Å²) < 4.78 is 0. The lowest BCUT2D eigenvalue weighted by molar-refractivity contribution is -0.126. The first-order valence-corrected chi connectivity index (χ1v) is 11.0. The molecule has 2 aromatic rings. The van der Waals surface area contributed by atoms with Gasteiger partial charge in [0.2, 0.25) is 5.91 Å². The van der Waals surface area contributed by atoms with Gasteiger partial charge in [-0.05, 0) is 61.8 Å². The molecular weight excluding hydrogens is 376 g/mol. The topological polar surface area (TPSA) is 74.3 Å². The fourth-order valence-electron chi connectivity index (χ4n) is 4.56. The van der Waals surface area contributed by atoms with Crippen molar-refractivity contribution in [3.8, 4) is 0 Å². The number of aromatic nitrogens is 1. The largest absolute Gasteiger partial charge is 0.369 e. The maximum atomic E-state index is 12.6. The van der Waals surface area contributed by atoms with Gasteiger partial charge in [-0.2, -0.15) is 0 Å². The molecule has 2 heterocycles. The molecule has 2 aliphatic rings. The van der Waals surface area contributed by atoms with Crippen LogP contribution in [-0.4, -0.2) is 43.0 Å². The van der Waals surface area contributed by atoms with Crippen molar-refractivity contribution in [2.45, 2.75) is 32.1 Å². The summed E-state index contributed by atoms with van der Waals surface area (Å²) in [5.74, 6) is 0.642. The van der Waals surface area contributed by atoms with Crippen LogP contribution in [0.25, 0.3) is 0 Å². The number of carbonyl (C=O) groups excluding carboxylic acids is 2. The monoisotopic (exact) mass is 406 g/mol. The first-order valence-electron chi connectivity index (χ1n) is 11.0. The van der Waals surface area contributed by atoms with E-state index in [4.69, 9.17) is 0 Å². The van der Waals surface area contributed by atoms with Gasteiger partial charge in [0, 0.05) is 50.2 Å². The quantitative estimate of drug-likeness (QED) is 0.742. The Labute approximate surface area is 178 Å². The molecule has 30 heavy (non-hydrogen) atoms. The number of nitrogens with one attached hydrogen (secondary N) is 2. The summed E-state index contributed by atoms with van der Waals surface area (Å²) in [5.41, 5.74) is 3.30. The van der Waals surface area contributed by atoms with Crippen LogP contribution in [0.15, 0.2) is 48.8 Å². The average molecular weight is 407 g/mol. The second-order valence-electron chi connectivity index (χ2n) is 8.33. The van der Waals surface area contributed by atoms with Gasteiger partial charge < -0.3 is 15.5 Å². The molecule has 1 saturated carbocycles. The molecule has 2 amide bonds. The molecule has 0 unspecified atom stereocenters. The van der Waals surface area contributed by atoms with Crippen molar-refractivity contribution in [2.75, 3.05) is 31.1 Å². The molecule has 0 bridgehead atoms. The van der Waals surface area contributed by atoms with E-state index in [1.807, 2.05) is 0 Å². The van der Waals surface area contributed by atoms with Crippen LogP contribution >= 0.6 is 0 Å². The molecular formula is C24H30N4O2. The summed E-state index contributed by atoms with van der Waals surface area (Å²) in [6.45, 7) is 3.24. The zero-order chi connectivity index (χ0) is 20.8. The highest BCUT2D eigenvalue weighted by molar-refractivity contribution is 5.93. The van der Waals surface area contributed by atoms with Gasteiger partial charge in [0.15, 0.2) is 0 Å². The number of para-hydroxylation sites is 1. The molecule has 4 rings (SSSR count). The van der Waals surface area contributed by atoms with E-state index < -0.39 is 0 Å². The average Bonchev–Trinajstić information content (AvgIpc) is 3.21. The molecule has 1 aromatic heterocycles. The fourth-order valence-corrected chi connectivity index (χ4v) is 4.56. The highest BCUT2D eigenvalue weighted by Gasteiger charge is 2.26. The van der Waals surface area contributed by atoms with Crippen molar-refractivity contribution >= 4 is 17.5 Å². The van der Waals surface area contributed by atoms with Crippen LogP contribution in [-0.2, 0) is 11.2 Å². The van der Waals surface area contributed by atoms with Crippen LogP contribution in [0.3, 0.4) is 0 Å². The lowest BCUT2D eigenvalue weighted by atomic mass is 9.81. The zero-order valence-corrected chi connectivity index (χ0v) is 17.3. The molecule has 1 fully saturated rings. The van der Waals surface area contributed by atoms with Crippen molar-refractivity contribution in [2.24, 2.45) is 11.8 Å². The Balaban J connectivity index is 1.14. The molecule has 0 atom stereocenters. The van der Waals surface area contributed by atoms with E-state index in [1.54, 1.807) is 24.5 Å². The Morgan fingerprint density at radius 3 is 2.67 bits per heavy atom. The van der Waals surface area contributed by atoms with Gasteiger partial charge in [0.25, 0.3) is 5.91 Å². The molecule has 6 heteroatoms. The Hall–Kier alpha value is -2.89. The van der Waals surface area contributed by atoms with E-state index in [2.05, 4.69) is 44.8 Å². The summed E-state index contributed by atoms with van der Waals surface area (Å²) in [7, 11) is 0. The van der Waals surface area contributed by atoms with Gasteiger partial charge in [-0.25, -0.2) is 0 Å². The Morgan fingerprint density at radius 1 is 1.03 bits per heavy atom. The van der Waals surface area contributed by atoms with E-state index in [0.29, 0.717) is 24.6 Å². The summed E-state index contributed by atoms with van der Waals surface area (Å²) in [6.07, 6.45) is 8.07. The number of amides is 2. The van der Waals surface area contributed by atoms with Gasteiger partial charge >= 0.3 is 0 Å². The first-order chi connectivity index (χ1) is 14.7. The number of carbonyl (C=O) groups is 2. The molecule has 0 radical (unpaired) electrons. The van der Waals surface area contributed by atoms with Gasteiger partial charge in [-0.15, -0.1) is 0 Å². The normalized spacial score (nSPS) is 20.5. The van der Waals surface area contributed by atoms with Crippen LogP contribution in [0.2, 0.25) is 0 Å². The predicted molar refractivity (Wildman–Crippen MR) is 117 cm³/mol. The highest BCUT2D eigenvalue weighted by atomic mass is 16.2. The molecule has 1 aliphatic heterocycles. The van der Waals surface area contributed by atoms with Gasteiger partial charge in [-0.1, -0.05) is 18.2 Å². The SMILES string of the molecule is O=C(NCC1CCC(C(=O)NCCN2CCc3ccccc32)CC1)c1cccnc1. The molecule has 158 valence electrons. The van der Waals surface area contributed by atoms with Crippen molar-refractivity contribution in [3.63, 3.8) is 0 Å². The minimum absolute atomic E-state index is 0.0774. The summed E-state index contributed by atoms with van der Waals surface area (Å²) in [5, 5.41) is 6.14. The van der Waals surface area contributed by atoms with Crippen molar-refractivity contribution in [1.82, 2.24) is 15.6 Å². The number of anilines is 1. The number of fused-ring (bicyclic) bond motifs is 1. The van der Waals surface area contributed by atoms with E-state index in [9.17, 15) is 9.59 Å². The molecule has 0 spiro atoms. The van der Waals surface area contributed by atoms with E-state index in [0.717, 1.165) is 45.2 Å². The number of hydrogen-bond acceptors (Lipinski definition) is 4. The number of hydrogen-bond donors (Lipinski definition) is 2. The van der Waals surface area contributed by atoms with Crippen LogP contribution < -0.4 is 15.5 Å². The third kappa shape index (κ3) is 4.99. The van der Waals surface area contributed by atoms with E-state index in [-0.39, 0.29) is 17.7 Å². The Morgan fingerprint density at radius 2 is 1.87 bits per heavy atom. The second kappa shape index (κ2) is 9.74. The van der Waals surface area contributed by atoms with Gasteiger partial charge in [0.05, 0.1) is 5.56 Å². The first kappa shape index (κ1) is 20.4. The minimum Gasteiger partial charge on any atom is -0.369 e. The minimum atomic E-state index is -0.0774. The smallest absolute Gasteiger partial charge is 0.252 e. The van der Waals surface area contributed by atoms with Crippen LogP contribution in [0, 0.1) is 11.8 Å². The van der Waals surface area contributed by atoms with Crippen LogP contribution in [0.4, 0.5) is 5.69 Å². The van der Waals surface area contributed by atoms with Gasteiger partial charge in [0.1, 0.15) is 0 Å². The number of benzene rings is 1. The van der Waals surface area contributed by atoms with Crippen LogP contribution in [0.1, 0.15) is 41.6 Å². The van der Waals surface area contributed by atoms with Crippen molar-refractivity contribution < 1.29 is 9.59 Å². The molecule has 0 saturated heterocycles. The third-order valence-corrected chi connectivity index (χ3v) is 6.36. The molecule has 2 N–H and O–H groups in total. The molecule has 6 nitrogen and oxygen atoms in total. The maximum Gasteiger partial charge on any atom is 0.252 e. The zero-order valence-electron chi connectivity index (χ0n) is 17.3. The molecule has 1 aliphatic carbocycles. The van der Waals surface area contributed by atoms with Crippen molar-refractivity contribution in [1.29, 1.82) is 0 Å². The highest BCUT2D eigenvalue weighted by Crippen LogP contribution is 2.29. The lowest BCUT2D eigenvalue weighted by Crippen LogP contribution is -2.39. The van der Waals surface area contributed by atoms with Crippen LogP contribution in [0.5, 0.6) is 0 Å². The predicted octanol–water partition coefficient (Wildman–Crippen LogP) is 2.80. The Bertz CT molecular complexity index is 863. The summed E-state index contributed by atoms with van der Waals surface area (Å²) in [4.78, 5) is 31.1. The summed E-state index contributed by atoms with van der Waals surface area (Å²) in [6, 6.07) is 12.0. The van der Waals surface area contributed by atoms with Gasteiger partial charge in [-0.3, -0.25) is 14.6 Å². The lowest BCUT2D eigenvalue weighted by Gasteiger charge is -2.28. The molecule has 1 aromatic carbocycles. The van der Waals surface area contributed by atoms with Crippen molar-refractivity contribution in [3.05, 3.63) is 59.9 Å². The fraction of sp³-hybridized carbons (Fsp3) is 0.458. The number of pyridine rings is 1. The number of rotatable bonds is 7. The Kier molecular flexibility index (Phi) is 6.62. The summed E-state index contributed by atoms with van der Waals surface area (Å²) >= 11 is 0. The van der Waals surface area contributed by atoms with E-state index >= 15 is 0 Å². The second-order valence-corrected chi connectivity index (χ2v) is 8.33. The standard InChI is InChI=1S/C24H30N4O2/c29-23(26-13-15-28-14-11-19-4-1-2-6-22(19)28)20-9-7-18(8-10-20)16-27-24(30)21-5-3-12-25-17-21/h1-6,12,17-18,20H,7-11,13-16H2,(H,26,29)(H,27,30). The van der Waals surface area contributed by atoms with E-state index in [1.165, 1.54) is 11.3 Å². The third-order valence-electron chi connectivity index (χ3n) is 6.36.